The van der Waals surface area contributed by atoms with E-state index in [-0.39, 0.29) is 6.42 Å². The van der Waals surface area contributed by atoms with Crippen LogP contribution >= 0.6 is 0 Å². The summed E-state index contributed by atoms with van der Waals surface area (Å²) in [5.41, 5.74) is 1.43. The zero-order valence-electron chi connectivity index (χ0n) is 14.9. The fraction of sp³-hybridized carbons (Fsp3) is 0.368. The number of benzene rings is 1. The summed E-state index contributed by atoms with van der Waals surface area (Å²) in [6.45, 7) is 0. The van der Waals surface area contributed by atoms with Gasteiger partial charge >= 0.3 is 0 Å². The van der Waals surface area contributed by atoms with Crippen LogP contribution in [-0.4, -0.2) is 41.8 Å². The molecule has 5 rings (SSSR count). The lowest BCUT2D eigenvalue weighted by atomic mass is 10.3. The molecule has 2 heterocycles. The highest BCUT2D eigenvalue weighted by molar-refractivity contribution is 7.94. The maximum Gasteiger partial charge on any atom is 0.260 e. The molecule has 28 heavy (non-hydrogen) atoms. The van der Waals surface area contributed by atoms with Gasteiger partial charge in [0.05, 0.1) is 33.6 Å². The first-order chi connectivity index (χ1) is 13.5. The van der Waals surface area contributed by atoms with Crippen molar-refractivity contribution in [1.82, 2.24) is 19.7 Å². The Morgan fingerprint density at radius 3 is 2.71 bits per heavy atom. The van der Waals surface area contributed by atoms with Crippen molar-refractivity contribution < 1.29 is 13.4 Å². The maximum absolute atomic E-state index is 13.7. The Morgan fingerprint density at radius 1 is 1.29 bits per heavy atom. The molecule has 2 aliphatic carbocycles. The third kappa shape index (κ3) is 3.30. The predicted octanol–water partition coefficient (Wildman–Crippen LogP) is 2.94. The van der Waals surface area contributed by atoms with E-state index in [4.69, 9.17) is 0 Å². The van der Waals surface area contributed by atoms with Gasteiger partial charge < -0.3 is 0 Å². The molecule has 3 aromatic rings. The summed E-state index contributed by atoms with van der Waals surface area (Å²) in [5, 5.41) is 5.27. The summed E-state index contributed by atoms with van der Waals surface area (Å²) in [4.78, 5) is 20.7. The van der Waals surface area contributed by atoms with Crippen LogP contribution in [0, 0.1) is 11.8 Å². The predicted molar refractivity (Wildman–Crippen MR) is 101 cm³/mol. The van der Waals surface area contributed by atoms with Crippen molar-refractivity contribution in [3.8, 4) is 5.69 Å². The Balaban J connectivity index is 1.56. The van der Waals surface area contributed by atoms with Crippen LogP contribution in [-0.2, 0) is 14.5 Å². The van der Waals surface area contributed by atoms with Crippen molar-refractivity contribution in [3.05, 3.63) is 43.1 Å². The largest absolute Gasteiger partial charge is 0.271 e. The van der Waals surface area contributed by atoms with Gasteiger partial charge in [-0.3, -0.25) is 4.79 Å². The van der Waals surface area contributed by atoms with Gasteiger partial charge in [0, 0.05) is 22.2 Å². The molecule has 3 unspecified atom stereocenters. The molecule has 0 aliphatic heterocycles. The summed E-state index contributed by atoms with van der Waals surface area (Å²) in [6, 6.07) is 5.25. The SMILES string of the molecule is O=C(N=S(=O)(CC1CC1)c1ccc2nn(-c3cncnc3)cc2c1)C1CC1F. The van der Waals surface area contributed by atoms with Gasteiger partial charge in [0.15, 0.2) is 0 Å². The Hall–Kier alpha value is -2.68. The highest BCUT2D eigenvalue weighted by Crippen LogP contribution is 2.37. The average Bonchev–Trinajstić information content (AvgIpc) is 3.60. The lowest BCUT2D eigenvalue weighted by Crippen LogP contribution is -2.12. The fourth-order valence-electron chi connectivity index (χ4n) is 3.17. The third-order valence-electron chi connectivity index (χ3n) is 5.08. The van der Waals surface area contributed by atoms with Gasteiger partial charge in [-0.05, 0) is 43.4 Å². The summed E-state index contributed by atoms with van der Waals surface area (Å²) in [5.74, 6) is -0.640. The minimum absolute atomic E-state index is 0.187. The Labute approximate surface area is 161 Å². The Morgan fingerprint density at radius 2 is 2.04 bits per heavy atom. The minimum Gasteiger partial charge on any atom is -0.271 e. The van der Waals surface area contributed by atoms with Crippen molar-refractivity contribution >= 4 is 26.5 Å². The van der Waals surface area contributed by atoms with Crippen molar-refractivity contribution in [1.29, 1.82) is 0 Å². The first-order valence-corrected chi connectivity index (χ1v) is 10.9. The first-order valence-electron chi connectivity index (χ1n) is 9.19. The minimum atomic E-state index is -2.93. The van der Waals surface area contributed by atoms with E-state index < -0.39 is 27.7 Å². The Bertz CT molecular complexity index is 1180. The molecule has 0 bridgehead atoms. The normalized spacial score (nSPS) is 23.3. The second kappa shape index (κ2) is 6.44. The summed E-state index contributed by atoms with van der Waals surface area (Å²) in [6.07, 6.45) is 7.56. The van der Waals surface area contributed by atoms with Gasteiger partial charge in [-0.2, -0.15) is 9.46 Å². The van der Waals surface area contributed by atoms with Crippen molar-refractivity contribution in [3.63, 3.8) is 0 Å². The van der Waals surface area contributed by atoms with Crippen LogP contribution in [0.15, 0.2) is 52.4 Å². The Kier molecular flexibility index (Phi) is 4.01. The number of carbonyl (C=O) groups is 1. The summed E-state index contributed by atoms with van der Waals surface area (Å²) in [7, 11) is -2.93. The van der Waals surface area contributed by atoms with Gasteiger partial charge in [0.1, 0.15) is 18.2 Å². The highest BCUT2D eigenvalue weighted by Gasteiger charge is 2.44. The quantitative estimate of drug-likeness (QED) is 0.658. The number of rotatable bonds is 5. The van der Waals surface area contributed by atoms with E-state index in [1.807, 2.05) is 0 Å². The molecule has 2 aromatic heterocycles. The molecule has 0 N–H and O–H groups in total. The van der Waals surface area contributed by atoms with Crippen molar-refractivity contribution in [2.24, 2.45) is 16.2 Å². The smallest absolute Gasteiger partial charge is 0.260 e. The number of carbonyl (C=O) groups excluding carboxylic acids is 1. The highest BCUT2D eigenvalue weighted by atomic mass is 32.2. The number of halogens is 1. The lowest BCUT2D eigenvalue weighted by molar-refractivity contribution is -0.119. The van der Waals surface area contributed by atoms with E-state index in [0.29, 0.717) is 22.3 Å². The second-order valence-electron chi connectivity index (χ2n) is 7.43. The zero-order valence-corrected chi connectivity index (χ0v) is 15.8. The molecule has 1 aromatic carbocycles. The molecular weight excluding hydrogens is 381 g/mol. The molecule has 1 amide bonds. The molecule has 7 nitrogen and oxygen atoms in total. The summed E-state index contributed by atoms with van der Waals surface area (Å²) < 4.78 is 32.6. The van der Waals surface area contributed by atoms with E-state index in [2.05, 4.69) is 19.4 Å². The van der Waals surface area contributed by atoms with Crippen LogP contribution in [0.25, 0.3) is 16.6 Å². The fourth-order valence-corrected chi connectivity index (χ4v) is 5.53. The average molecular weight is 399 g/mol. The molecule has 2 saturated carbocycles. The maximum atomic E-state index is 13.7. The van der Waals surface area contributed by atoms with E-state index in [1.165, 1.54) is 6.33 Å². The van der Waals surface area contributed by atoms with Gasteiger partial charge in [-0.15, -0.1) is 0 Å². The molecule has 3 atom stereocenters. The molecule has 0 radical (unpaired) electrons. The zero-order chi connectivity index (χ0) is 19.3. The van der Waals surface area contributed by atoms with Gasteiger partial charge in [0.25, 0.3) is 5.91 Å². The second-order valence-corrected chi connectivity index (χ2v) is 9.70. The number of fused-ring (bicyclic) bond motifs is 1. The van der Waals surface area contributed by atoms with Crippen LogP contribution in [0.3, 0.4) is 0 Å². The number of amides is 1. The molecule has 144 valence electrons. The number of nitrogens with zero attached hydrogens (tertiary/aromatic N) is 5. The monoisotopic (exact) mass is 399 g/mol. The molecule has 2 aliphatic rings. The number of aromatic nitrogens is 4. The van der Waals surface area contributed by atoms with Gasteiger partial charge in [-0.25, -0.2) is 23.2 Å². The third-order valence-corrected chi connectivity index (χ3v) is 7.47. The van der Waals surface area contributed by atoms with Gasteiger partial charge in [-0.1, -0.05) is 0 Å². The van der Waals surface area contributed by atoms with Crippen LogP contribution in [0.4, 0.5) is 4.39 Å². The molecule has 2 fully saturated rings. The van der Waals surface area contributed by atoms with E-state index in [9.17, 15) is 13.4 Å². The van der Waals surface area contributed by atoms with E-state index in [1.54, 1.807) is 41.5 Å². The number of hydrogen-bond acceptors (Lipinski definition) is 5. The topological polar surface area (TPSA) is 90.1 Å². The molecule has 9 heteroatoms. The number of alkyl halides is 1. The van der Waals surface area contributed by atoms with E-state index >= 15 is 0 Å². The van der Waals surface area contributed by atoms with Crippen LogP contribution in [0.2, 0.25) is 0 Å². The standard InChI is InChI=1S/C19H18FN5O2S/c20-17-6-16(17)19(26)24-28(27,10-12-1-2-12)15-3-4-18-13(5-15)9-25(23-18)14-7-21-11-22-8-14/h3-5,7-9,11-12,16-17H,1-2,6,10H2. The summed E-state index contributed by atoms with van der Waals surface area (Å²) >= 11 is 0. The molecule has 0 spiro atoms. The van der Waals surface area contributed by atoms with Gasteiger partial charge in [0.2, 0.25) is 0 Å². The van der Waals surface area contributed by atoms with Crippen molar-refractivity contribution in [2.45, 2.75) is 30.3 Å². The molecule has 0 saturated heterocycles. The van der Waals surface area contributed by atoms with E-state index in [0.717, 1.165) is 23.7 Å². The first kappa shape index (κ1) is 17.4. The molecular formula is C19H18FN5O2S. The van der Waals surface area contributed by atoms with Crippen LogP contribution in [0.1, 0.15) is 19.3 Å². The number of hydrogen-bond donors (Lipinski definition) is 0. The van der Waals surface area contributed by atoms with Crippen LogP contribution < -0.4 is 0 Å². The van der Waals surface area contributed by atoms with Crippen LogP contribution in [0.5, 0.6) is 0 Å². The van der Waals surface area contributed by atoms with Crippen molar-refractivity contribution in [2.75, 3.05) is 5.75 Å². The lowest BCUT2D eigenvalue weighted by Gasteiger charge is -2.09.